The molecular weight excluding hydrogens is 416 g/mol. The highest BCUT2D eigenvalue weighted by atomic mass is 32.2. The zero-order valence-corrected chi connectivity index (χ0v) is 17.8. The molecule has 9 heteroatoms. The smallest absolute Gasteiger partial charge is 0.251 e. The minimum Gasteiger partial charge on any atom is -0.382 e. The number of aliphatic hydroxyl groups is 1. The van der Waals surface area contributed by atoms with Crippen LogP contribution >= 0.6 is 22.7 Å². The van der Waals surface area contributed by atoms with Gasteiger partial charge in [-0.1, -0.05) is 6.07 Å². The molecule has 0 aliphatic heterocycles. The average Bonchev–Trinajstić information content (AvgIpc) is 3.37. The zero-order chi connectivity index (χ0) is 20.3. The number of benzene rings is 1. The third kappa shape index (κ3) is 4.50. The summed E-state index contributed by atoms with van der Waals surface area (Å²) < 4.78 is 25.3. The summed E-state index contributed by atoms with van der Waals surface area (Å²) in [6.45, 7) is 0.332. The third-order valence-electron chi connectivity index (χ3n) is 4.08. The van der Waals surface area contributed by atoms with E-state index in [1.807, 2.05) is 29.6 Å². The fourth-order valence-electron chi connectivity index (χ4n) is 2.48. The first-order chi connectivity index (χ1) is 13.3. The van der Waals surface area contributed by atoms with Crippen molar-refractivity contribution in [3.05, 3.63) is 74.1 Å². The minimum atomic E-state index is -3.52. The van der Waals surface area contributed by atoms with Crippen molar-refractivity contribution in [2.24, 2.45) is 0 Å². The molecule has 2 N–H and O–H groups in total. The van der Waals surface area contributed by atoms with Gasteiger partial charge in [-0.25, -0.2) is 12.7 Å². The molecule has 0 fully saturated rings. The van der Waals surface area contributed by atoms with Gasteiger partial charge in [-0.15, -0.1) is 22.7 Å². The summed E-state index contributed by atoms with van der Waals surface area (Å²) in [5.74, 6) is -0.289. The van der Waals surface area contributed by atoms with Gasteiger partial charge in [0.15, 0.2) is 0 Å². The lowest BCUT2D eigenvalue weighted by atomic mass is 10.2. The van der Waals surface area contributed by atoms with E-state index in [0.29, 0.717) is 12.1 Å². The van der Waals surface area contributed by atoms with Crippen molar-refractivity contribution in [2.75, 3.05) is 14.1 Å². The van der Waals surface area contributed by atoms with E-state index in [1.54, 1.807) is 0 Å². The second-order valence-corrected chi connectivity index (χ2v) is 10.5. The summed E-state index contributed by atoms with van der Waals surface area (Å²) in [6, 6.07) is 13.3. The van der Waals surface area contributed by atoms with E-state index in [2.05, 4.69) is 5.32 Å². The van der Waals surface area contributed by atoms with Gasteiger partial charge in [0.1, 0.15) is 6.10 Å². The van der Waals surface area contributed by atoms with Crippen molar-refractivity contribution in [1.29, 1.82) is 0 Å². The van der Waals surface area contributed by atoms with Gasteiger partial charge in [-0.05, 0) is 47.8 Å². The Hall–Kier alpha value is -2.04. The summed E-state index contributed by atoms with van der Waals surface area (Å²) in [4.78, 5) is 15.1. The molecule has 0 saturated carbocycles. The minimum absolute atomic E-state index is 0.138. The van der Waals surface area contributed by atoms with Gasteiger partial charge in [0.2, 0.25) is 10.0 Å². The third-order valence-corrected chi connectivity index (χ3v) is 7.97. The molecule has 2 heterocycles. The molecule has 1 atom stereocenters. The molecule has 3 aromatic rings. The second-order valence-electron chi connectivity index (χ2n) is 6.22. The number of aliphatic hydroxyl groups excluding tert-OH is 1. The SMILES string of the molecule is CN(C)S(=O)(=O)c1ccc(C(=O)NCc2ccc(C(O)c3cccs3)s2)cc1. The quantitative estimate of drug-likeness (QED) is 0.596. The number of thiophene rings is 2. The van der Waals surface area contributed by atoms with Crippen LogP contribution in [0.3, 0.4) is 0 Å². The van der Waals surface area contributed by atoms with Crippen LogP contribution in [0.15, 0.2) is 58.8 Å². The van der Waals surface area contributed by atoms with Crippen LogP contribution in [0.2, 0.25) is 0 Å². The fourth-order valence-corrected chi connectivity index (χ4v) is 5.14. The summed E-state index contributed by atoms with van der Waals surface area (Å²) >= 11 is 2.94. The molecule has 28 heavy (non-hydrogen) atoms. The molecule has 3 rings (SSSR count). The normalized spacial score (nSPS) is 12.9. The standard InChI is InChI=1S/C19H20N2O4S3/c1-21(2)28(24,25)15-8-5-13(6-9-15)19(23)20-12-14-7-10-17(27-14)18(22)16-4-3-11-26-16/h3-11,18,22H,12H2,1-2H3,(H,20,23). The number of nitrogens with one attached hydrogen (secondary N) is 1. The van der Waals surface area contributed by atoms with E-state index < -0.39 is 16.1 Å². The number of rotatable bonds is 7. The van der Waals surface area contributed by atoms with E-state index in [-0.39, 0.29) is 10.8 Å². The number of nitrogens with zero attached hydrogens (tertiary/aromatic N) is 1. The number of hydrogen-bond acceptors (Lipinski definition) is 6. The maximum atomic E-state index is 12.3. The van der Waals surface area contributed by atoms with E-state index in [4.69, 9.17) is 0 Å². The largest absolute Gasteiger partial charge is 0.382 e. The Morgan fingerprint density at radius 1 is 1.11 bits per heavy atom. The lowest BCUT2D eigenvalue weighted by Crippen LogP contribution is -2.24. The van der Waals surface area contributed by atoms with Gasteiger partial charge in [0.05, 0.1) is 11.4 Å². The lowest BCUT2D eigenvalue weighted by molar-refractivity contribution is 0.0951. The van der Waals surface area contributed by atoms with Gasteiger partial charge in [0, 0.05) is 34.3 Å². The molecule has 1 unspecified atom stereocenters. The van der Waals surface area contributed by atoms with Crippen molar-refractivity contribution in [3.63, 3.8) is 0 Å². The summed E-state index contributed by atoms with van der Waals surface area (Å²) in [5, 5.41) is 15.1. The Balaban J connectivity index is 1.62. The summed E-state index contributed by atoms with van der Waals surface area (Å²) in [6.07, 6.45) is -0.652. The van der Waals surface area contributed by atoms with E-state index >= 15 is 0 Å². The van der Waals surface area contributed by atoms with Crippen LogP contribution in [0.25, 0.3) is 0 Å². The highest BCUT2D eigenvalue weighted by Gasteiger charge is 2.18. The Bertz CT molecular complexity index is 1040. The van der Waals surface area contributed by atoms with Crippen molar-refractivity contribution in [3.8, 4) is 0 Å². The van der Waals surface area contributed by atoms with E-state index in [9.17, 15) is 18.3 Å². The van der Waals surface area contributed by atoms with Gasteiger partial charge in [0.25, 0.3) is 5.91 Å². The molecule has 0 aliphatic carbocycles. The lowest BCUT2D eigenvalue weighted by Gasteiger charge is -2.11. The Labute approximate surface area is 172 Å². The number of carbonyl (C=O) groups is 1. The monoisotopic (exact) mass is 436 g/mol. The Kier molecular flexibility index (Phi) is 6.31. The maximum absolute atomic E-state index is 12.3. The molecule has 1 amide bonds. The van der Waals surface area contributed by atoms with Gasteiger partial charge < -0.3 is 10.4 Å². The predicted octanol–water partition coefficient (Wildman–Crippen LogP) is 3.07. The van der Waals surface area contributed by atoms with Gasteiger partial charge >= 0.3 is 0 Å². The average molecular weight is 437 g/mol. The number of carbonyl (C=O) groups excluding carboxylic acids is 1. The Morgan fingerprint density at radius 2 is 1.82 bits per heavy atom. The van der Waals surface area contributed by atoms with Crippen molar-refractivity contribution in [1.82, 2.24) is 9.62 Å². The summed E-state index contributed by atoms with van der Waals surface area (Å²) in [5.41, 5.74) is 0.383. The maximum Gasteiger partial charge on any atom is 0.251 e. The Morgan fingerprint density at radius 3 is 2.43 bits per heavy atom. The molecule has 0 aliphatic rings. The molecule has 148 valence electrons. The van der Waals surface area contributed by atoms with E-state index in [0.717, 1.165) is 18.9 Å². The second kappa shape index (κ2) is 8.54. The van der Waals surface area contributed by atoms with Crippen LogP contribution in [0.1, 0.15) is 31.1 Å². The van der Waals surface area contributed by atoms with Crippen LogP contribution in [0, 0.1) is 0 Å². The predicted molar refractivity (Wildman–Crippen MR) is 111 cm³/mol. The van der Waals surface area contributed by atoms with Crippen molar-refractivity contribution < 1.29 is 18.3 Å². The highest BCUT2D eigenvalue weighted by Crippen LogP contribution is 2.30. The van der Waals surface area contributed by atoms with E-state index in [1.165, 1.54) is 61.0 Å². The molecule has 0 spiro atoms. The molecule has 0 radical (unpaired) electrons. The molecule has 2 aromatic heterocycles. The van der Waals surface area contributed by atoms with Crippen LogP contribution in [-0.2, 0) is 16.6 Å². The van der Waals surface area contributed by atoms with Crippen molar-refractivity contribution >= 4 is 38.6 Å². The first-order valence-electron chi connectivity index (χ1n) is 8.40. The zero-order valence-electron chi connectivity index (χ0n) is 15.3. The topological polar surface area (TPSA) is 86.7 Å². The van der Waals surface area contributed by atoms with Crippen LogP contribution in [0.4, 0.5) is 0 Å². The number of sulfonamides is 1. The molecule has 0 saturated heterocycles. The number of amides is 1. The van der Waals surface area contributed by atoms with Gasteiger partial charge in [-0.2, -0.15) is 0 Å². The van der Waals surface area contributed by atoms with Crippen molar-refractivity contribution in [2.45, 2.75) is 17.5 Å². The number of hydrogen-bond donors (Lipinski definition) is 2. The first-order valence-corrected chi connectivity index (χ1v) is 11.5. The van der Waals surface area contributed by atoms with Gasteiger partial charge in [-0.3, -0.25) is 4.79 Å². The highest BCUT2D eigenvalue weighted by molar-refractivity contribution is 7.89. The summed E-state index contributed by atoms with van der Waals surface area (Å²) in [7, 11) is -0.600. The molecule has 6 nitrogen and oxygen atoms in total. The van der Waals surface area contributed by atoms with Crippen LogP contribution < -0.4 is 5.32 Å². The fraction of sp³-hybridized carbons (Fsp3) is 0.211. The molecule has 1 aromatic carbocycles. The first kappa shape index (κ1) is 20.7. The van der Waals surface area contributed by atoms with Crippen LogP contribution in [0.5, 0.6) is 0 Å². The van der Waals surface area contributed by atoms with Crippen LogP contribution in [-0.4, -0.2) is 37.8 Å². The molecular formula is C19H20N2O4S3. The molecule has 0 bridgehead atoms.